The van der Waals surface area contributed by atoms with Crippen LogP contribution >= 0.6 is 0 Å². The van der Waals surface area contributed by atoms with Crippen LogP contribution in [-0.4, -0.2) is 53.6 Å². The van der Waals surface area contributed by atoms with E-state index in [1.54, 1.807) is 31.3 Å². The van der Waals surface area contributed by atoms with Crippen molar-refractivity contribution in [2.75, 3.05) is 7.05 Å². The second-order valence-corrected chi connectivity index (χ2v) is 12.5. The first-order valence-corrected chi connectivity index (χ1v) is 14.5. The molecule has 0 spiro atoms. The van der Waals surface area contributed by atoms with E-state index in [-0.39, 0.29) is 23.3 Å². The molecule has 1 aliphatic carbocycles. The van der Waals surface area contributed by atoms with Gasteiger partial charge in [0.15, 0.2) is 0 Å². The molecule has 3 rings (SSSR count). The minimum atomic E-state index is -3.76. The smallest absolute Gasteiger partial charge is 0.268 e. The Morgan fingerprint density at radius 3 is 2.44 bits per heavy atom. The van der Waals surface area contributed by atoms with Gasteiger partial charge in [0.1, 0.15) is 6.33 Å². The van der Waals surface area contributed by atoms with Gasteiger partial charge in [-0.3, -0.25) is 4.79 Å². The van der Waals surface area contributed by atoms with Gasteiger partial charge in [-0.25, -0.2) is 17.4 Å². The molecule has 1 aliphatic rings. The molecule has 0 aliphatic heterocycles. The average molecular weight is 519 g/mol. The Balaban J connectivity index is 1.69. The fourth-order valence-electron chi connectivity index (χ4n) is 4.97. The number of amides is 1. The average Bonchev–Trinajstić information content (AvgIpc) is 3.32. The summed E-state index contributed by atoms with van der Waals surface area (Å²) >= 11 is 0. The Bertz CT molecular complexity index is 1080. The summed E-state index contributed by atoms with van der Waals surface area (Å²) in [5.41, 5.74) is 1.47. The summed E-state index contributed by atoms with van der Waals surface area (Å²) in [7, 11) is -2.06. The first-order chi connectivity index (χ1) is 17.1. The molecule has 3 atom stereocenters. The number of aromatic nitrogens is 2. The van der Waals surface area contributed by atoms with Crippen LogP contribution in [0.5, 0.6) is 0 Å². The Morgan fingerprint density at radius 2 is 1.83 bits per heavy atom. The van der Waals surface area contributed by atoms with Gasteiger partial charge in [0, 0.05) is 12.6 Å². The number of hydrogen-bond donors (Lipinski definition) is 3. The first kappa shape index (κ1) is 28.3. The number of imidazole rings is 1. The number of nitrogens with zero attached hydrogens (tertiary/aromatic N) is 2. The Kier molecular flexibility index (Phi) is 10.1. The van der Waals surface area contributed by atoms with E-state index in [0.717, 1.165) is 28.8 Å². The highest BCUT2D eigenvalue weighted by atomic mass is 32.2. The largest absolute Gasteiger partial charge is 0.391 e. The van der Waals surface area contributed by atoms with E-state index in [9.17, 15) is 18.3 Å². The second kappa shape index (κ2) is 12.8. The molecule has 0 bridgehead atoms. The highest BCUT2D eigenvalue weighted by molar-refractivity contribution is 7.90. The minimum absolute atomic E-state index is 0.185. The highest BCUT2D eigenvalue weighted by Crippen LogP contribution is 2.29. The summed E-state index contributed by atoms with van der Waals surface area (Å²) in [6.07, 6.45) is 9.72. The molecule has 3 N–H and O–H groups in total. The molecule has 200 valence electrons. The van der Waals surface area contributed by atoms with Crippen LogP contribution in [0.2, 0.25) is 0 Å². The molecular weight excluding hydrogens is 476 g/mol. The van der Waals surface area contributed by atoms with Crippen molar-refractivity contribution in [1.82, 2.24) is 19.6 Å². The van der Waals surface area contributed by atoms with E-state index in [4.69, 9.17) is 0 Å². The van der Waals surface area contributed by atoms with Crippen molar-refractivity contribution in [3.8, 4) is 0 Å². The molecule has 1 aromatic carbocycles. The van der Waals surface area contributed by atoms with Crippen LogP contribution in [-0.2, 0) is 21.2 Å². The standard InChI is InChI=1S/C27H42N4O4S/c1-19(2)14-26(32)24(15-21-8-6-5-7-9-21)30-27(33)25(28-4)16-22-17-31(18-29-22)36(34,35)23-12-10-20(3)11-13-23/h10-13,17-19,21,24-26,28,32H,5-9,14-16H2,1-4H3,(H,30,33)/t24-,25-,26-/m0/s1. The predicted molar refractivity (Wildman–Crippen MR) is 141 cm³/mol. The lowest BCUT2D eigenvalue weighted by Crippen LogP contribution is -2.52. The number of carbonyl (C=O) groups is 1. The van der Waals surface area contributed by atoms with Crippen molar-refractivity contribution in [3.63, 3.8) is 0 Å². The maximum absolute atomic E-state index is 13.2. The number of hydrogen-bond acceptors (Lipinski definition) is 6. The summed E-state index contributed by atoms with van der Waals surface area (Å²) in [6, 6.07) is 5.74. The van der Waals surface area contributed by atoms with Crippen LogP contribution in [0.25, 0.3) is 0 Å². The number of aliphatic hydroxyl groups is 1. The number of likely N-dealkylation sites (N-methyl/N-ethyl adjacent to an activating group) is 1. The van der Waals surface area contributed by atoms with Crippen molar-refractivity contribution in [2.24, 2.45) is 11.8 Å². The number of rotatable bonds is 12. The number of nitrogens with one attached hydrogen (secondary N) is 2. The van der Waals surface area contributed by atoms with Gasteiger partial charge >= 0.3 is 0 Å². The van der Waals surface area contributed by atoms with Crippen LogP contribution in [0.1, 0.15) is 70.1 Å². The van der Waals surface area contributed by atoms with Gasteiger partial charge in [0.05, 0.1) is 28.8 Å². The molecule has 1 fully saturated rings. The molecule has 1 saturated carbocycles. The predicted octanol–water partition coefficient (Wildman–Crippen LogP) is 3.42. The number of aliphatic hydroxyl groups excluding tert-OH is 1. The van der Waals surface area contributed by atoms with E-state index < -0.39 is 22.2 Å². The maximum Gasteiger partial charge on any atom is 0.268 e. The fraction of sp³-hybridized carbons (Fsp3) is 0.630. The zero-order valence-corrected chi connectivity index (χ0v) is 22.8. The Labute approximate surface area is 216 Å². The van der Waals surface area contributed by atoms with E-state index >= 15 is 0 Å². The van der Waals surface area contributed by atoms with Gasteiger partial charge in [0.2, 0.25) is 5.91 Å². The lowest BCUT2D eigenvalue weighted by molar-refractivity contribution is -0.125. The van der Waals surface area contributed by atoms with Crippen molar-refractivity contribution in [3.05, 3.63) is 48.0 Å². The van der Waals surface area contributed by atoms with Crippen molar-refractivity contribution >= 4 is 15.9 Å². The molecule has 1 aromatic heterocycles. The van der Waals surface area contributed by atoms with E-state index in [0.29, 0.717) is 24.0 Å². The highest BCUT2D eigenvalue weighted by Gasteiger charge is 2.29. The molecule has 0 radical (unpaired) electrons. The third-order valence-corrected chi connectivity index (χ3v) is 8.73. The van der Waals surface area contributed by atoms with Crippen molar-refractivity contribution in [2.45, 2.75) is 95.2 Å². The zero-order chi connectivity index (χ0) is 26.3. The molecule has 36 heavy (non-hydrogen) atoms. The maximum atomic E-state index is 13.2. The monoisotopic (exact) mass is 518 g/mol. The first-order valence-electron chi connectivity index (χ1n) is 13.1. The summed E-state index contributed by atoms with van der Waals surface area (Å²) in [5, 5.41) is 17.0. The lowest BCUT2D eigenvalue weighted by Gasteiger charge is -2.32. The molecule has 2 aromatic rings. The van der Waals surface area contributed by atoms with E-state index in [1.165, 1.54) is 31.8 Å². The summed E-state index contributed by atoms with van der Waals surface area (Å²) in [5.74, 6) is 0.629. The topological polar surface area (TPSA) is 113 Å². The van der Waals surface area contributed by atoms with Gasteiger partial charge in [-0.1, -0.05) is 63.6 Å². The van der Waals surface area contributed by atoms with Crippen molar-refractivity contribution < 1.29 is 18.3 Å². The summed E-state index contributed by atoms with van der Waals surface area (Å²) in [6.45, 7) is 6.04. The Morgan fingerprint density at radius 1 is 1.17 bits per heavy atom. The minimum Gasteiger partial charge on any atom is -0.391 e. The molecule has 0 saturated heterocycles. The second-order valence-electron chi connectivity index (χ2n) is 10.6. The third kappa shape index (κ3) is 7.63. The molecule has 8 nitrogen and oxygen atoms in total. The number of aryl methyl sites for hydroxylation is 1. The van der Waals surface area contributed by atoms with Gasteiger partial charge in [-0.2, -0.15) is 0 Å². The third-order valence-electron chi connectivity index (χ3n) is 7.11. The fourth-order valence-corrected chi connectivity index (χ4v) is 6.13. The molecule has 1 amide bonds. The quantitative estimate of drug-likeness (QED) is 0.397. The Hall–Kier alpha value is -2.23. The van der Waals surface area contributed by atoms with E-state index in [2.05, 4.69) is 29.5 Å². The molecule has 1 heterocycles. The summed E-state index contributed by atoms with van der Waals surface area (Å²) in [4.78, 5) is 17.7. The number of carbonyl (C=O) groups excluding carboxylic acids is 1. The molecular formula is C27H42N4O4S. The van der Waals surface area contributed by atoms with Crippen LogP contribution in [0, 0.1) is 18.8 Å². The number of benzene rings is 1. The lowest BCUT2D eigenvalue weighted by atomic mass is 9.82. The van der Waals surface area contributed by atoms with Crippen LogP contribution in [0.3, 0.4) is 0 Å². The van der Waals surface area contributed by atoms with Gasteiger partial charge in [0.25, 0.3) is 10.0 Å². The normalized spacial score (nSPS) is 17.6. The zero-order valence-electron chi connectivity index (χ0n) is 22.0. The van der Waals surface area contributed by atoms with E-state index in [1.807, 2.05) is 6.92 Å². The van der Waals surface area contributed by atoms with Crippen molar-refractivity contribution in [1.29, 1.82) is 0 Å². The SMILES string of the molecule is CN[C@@H](Cc1cn(S(=O)(=O)c2ccc(C)cc2)cn1)C(=O)N[C@@H](CC1CCCCC1)[C@@H](O)CC(C)C. The molecule has 9 heteroatoms. The van der Waals surface area contributed by atoms with Crippen LogP contribution in [0.4, 0.5) is 0 Å². The van der Waals surface area contributed by atoms with Gasteiger partial charge in [-0.05, 0) is 50.8 Å². The summed E-state index contributed by atoms with van der Waals surface area (Å²) < 4.78 is 27.0. The van der Waals surface area contributed by atoms with Gasteiger partial charge in [-0.15, -0.1) is 0 Å². The van der Waals surface area contributed by atoms with Crippen LogP contribution < -0.4 is 10.6 Å². The van der Waals surface area contributed by atoms with Gasteiger partial charge < -0.3 is 15.7 Å². The molecule has 0 unspecified atom stereocenters. The van der Waals surface area contributed by atoms with Crippen LogP contribution in [0.15, 0.2) is 41.7 Å².